The highest BCUT2D eigenvalue weighted by molar-refractivity contribution is 8.15. The molecule has 1 aromatic carbocycles. The molecule has 1 aliphatic carbocycles. The number of hydrogen-bond acceptors (Lipinski definition) is 2. The third-order valence-corrected chi connectivity index (χ3v) is 6.33. The minimum Gasteiger partial charge on any atom is -0.347 e. The van der Waals surface area contributed by atoms with E-state index in [9.17, 15) is 0 Å². The van der Waals surface area contributed by atoms with Gasteiger partial charge in [0.2, 0.25) is 0 Å². The summed E-state index contributed by atoms with van der Waals surface area (Å²) in [5.41, 5.74) is 0.773. The smallest absolute Gasteiger partial charge is 0.165 e. The van der Waals surface area contributed by atoms with E-state index in [1.54, 1.807) is 6.07 Å². The van der Waals surface area contributed by atoms with E-state index in [4.69, 9.17) is 28.2 Å². The Morgan fingerprint density at radius 3 is 2.64 bits per heavy atom. The molecule has 2 fully saturated rings. The third kappa shape index (κ3) is 3.58. The average molecular weight is 357 g/mol. The van der Waals surface area contributed by atoms with Gasteiger partial charge in [-0.3, -0.25) is 0 Å². The normalized spacial score (nSPS) is 24.2. The second-order valence-electron chi connectivity index (χ2n) is 6.75. The molecule has 0 unspecified atom stereocenters. The summed E-state index contributed by atoms with van der Waals surface area (Å²) in [6, 6.07) is 6.27. The first kappa shape index (κ1) is 16.5. The van der Waals surface area contributed by atoms with Crippen molar-refractivity contribution in [1.29, 1.82) is 0 Å². The molecule has 1 aliphatic heterocycles. The zero-order valence-electron chi connectivity index (χ0n) is 13.1. The van der Waals surface area contributed by atoms with Crippen molar-refractivity contribution >= 4 is 45.8 Å². The lowest BCUT2D eigenvalue weighted by atomic mass is 9.94. The van der Waals surface area contributed by atoms with E-state index in [1.807, 2.05) is 23.9 Å². The standard InChI is InChI=1S/C17H22Cl2N2S/c1-17(2)11-21(12-7-4-3-5-8-12)16(22-17)20-14-10-6-9-13(18)15(14)19/h6,9-10,12H,3-5,7-8,11H2,1-2H3/b20-16-. The molecule has 0 amide bonds. The van der Waals surface area contributed by atoms with E-state index in [2.05, 4.69) is 18.7 Å². The summed E-state index contributed by atoms with van der Waals surface area (Å²) in [4.78, 5) is 7.36. The lowest BCUT2D eigenvalue weighted by Gasteiger charge is -2.33. The van der Waals surface area contributed by atoms with E-state index in [-0.39, 0.29) is 4.75 Å². The first-order valence-corrected chi connectivity index (χ1v) is 9.52. The van der Waals surface area contributed by atoms with Crippen LogP contribution in [0.15, 0.2) is 23.2 Å². The highest BCUT2D eigenvalue weighted by atomic mass is 35.5. The lowest BCUT2D eigenvalue weighted by molar-refractivity contribution is 0.243. The summed E-state index contributed by atoms with van der Waals surface area (Å²) in [6.45, 7) is 5.63. The van der Waals surface area contributed by atoms with Gasteiger partial charge in [-0.15, -0.1) is 0 Å². The van der Waals surface area contributed by atoms with Crippen LogP contribution in [0.5, 0.6) is 0 Å². The molecule has 2 aliphatic rings. The second kappa shape index (κ2) is 6.62. The summed E-state index contributed by atoms with van der Waals surface area (Å²) in [6.07, 6.45) is 6.58. The van der Waals surface area contributed by atoms with Gasteiger partial charge in [0.15, 0.2) is 5.17 Å². The van der Waals surface area contributed by atoms with E-state index in [1.165, 1.54) is 32.1 Å². The predicted octanol–water partition coefficient (Wildman–Crippen LogP) is 6.14. The number of halogens is 2. The number of hydrogen-bond donors (Lipinski definition) is 0. The van der Waals surface area contributed by atoms with Crippen LogP contribution in [0.2, 0.25) is 10.0 Å². The Morgan fingerprint density at radius 2 is 1.91 bits per heavy atom. The number of rotatable bonds is 2. The molecule has 1 saturated carbocycles. The monoisotopic (exact) mass is 356 g/mol. The highest BCUT2D eigenvalue weighted by Gasteiger charge is 2.39. The minimum absolute atomic E-state index is 0.196. The van der Waals surface area contributed by atoms with Crippen LogP contribution in [0.25, 0.3) is 0 Å². The Morgan fingerprint density at radius 1 is 1.18 bits per heavy atom. The maximum absolute atomic E-state index is 6.31. The van der Waals surface area contributed by atoms with Gasteiger partial charge >= 0.3 is 0 Å². The van der Waals surface area contributed by atoms with Crippen molar-refractivity contribution in [1.82, 2.24) is 4.90 Å². The zero-order valence-corrected chi connectivity index (χ0v) is 15.4. The van der Waals surface area contributed by atoms with Crippen molar-refractivity contribution in [3.05, 3.63) is 28.2 Å². The Kier molecular flexibility index (Phi) is 4.96. The topological polar surface area (TPSA) is 15.6 Å². The van der Waals surface area contributed by atoms with Crippen LogP contribution >= 0.6 is 35.0 Å². The van der Waals surface area contributed by atoms with Crippen LogP contribution in [0.1, 0.15) is 46.0 Å². The van der Waals surface area contributed by atoms with Gasteiger partial charge in [-0.2, -0.15) is 0 Å². The molecule has 5 heteroatoms. The largest absolute Gasteiger partial charge is 0.347 e. The van der Waals surface area contributed by atoms with E-state index >= 15 is 0 Å². The molecule has 0 spiro atoms. The van der Waals surface area contributed by atoms with Crippen LogP contribution in [-0.4, -0.2) is 27.4 Å². The summed E-state index contributed by atoms with van der Waals surface area (Å²) in [5.74, 6) is 0. The number of aliphatic imine (C=N–C) groups is 1. The summed E-state index contributed by atoms with van der Waals surface area (Å²) < 4.78 is 0.196. The van der Waals surface area contributed by atoms with Gasteiger partial charge in [0.05, 0.1) is 15.7 Å². The summed E-state index contributed by atoms with van der Waals surface area (Å²) in [5, 5.41) is 2.21. The molecule has 0 radical (unpaired) electrons. The van der Waals surface area contributed by atoms with Gasteiger partial charge in [-0.25, -0.2) is 4.99 Å². The van der Waals surface area contributed by atoms with Gasteiger partial charge in [0.25, 0.3) is 0 Å². The van der Waals surface area contributed by atoms with E-state index < -0.39 is 0 Å². The number of nitrogens with zero attached hydrogens (tertiary/aromatic N) is 2. The molecule has 1 saturated heterocycles. The lowest BCUT2D eigenvalue weighted by Crippen LogP contribution is -2.39. The molecule has 120 valence electrons. The second-order valence-corrected chi connectivity index (χ2v) is 9.21. The summed E-state index contributed by atoms with van der Waals surface area (Å²) in [7, 11) is 0. The van der Waals surface area contributed by atoms with Crippen molar-refractivity contribution in [2.75, 3.05) is 6.54 Å². The molecule has 1 aromatic rings. The summed E-state index contributed by atoms with van der Waals surface area (Å²) >= 11 is 14.3. The van der Waals surface area contributed by atoms with Crippen LogP contribution in [-0.2, 0) is 0 Å². The first-order valence-electron chi connectivity index (χ1n) is 7.95. The molecule has 0 bridgehead atoms. The molecule has 22 heavy (non-hydrogen) atoms. The number of thioether (sulfide) groups is 1. The van der Waals surface area contributed by atoms with Crippen molar-refractivity contribution in [2.45, 2.75) is 56.7 Å². The van der Waals surface area contributed by atoms with Gasteiger partial charge in [-0.05, 0) is 38.8 Å². The Hall–Kier alpha value is -0.380. The third-order valence-electron chi connectivity index (χ3n) is 4.33. The van der Waals surface area contributed by atoms with Crippen molar-refractivity contribution < 1.29 is 0 Å². The fourth-order valence-corrected chi connectivity index (χ4v) is 4.77. The Balaban J connectivity index is 1.91. The SMILES string of the molecule is CC1(C)CN(C2CCCCC2)/C(=N/c2cccc(Cl)c2Cl)S1. The first-order chi connectivity index (χ1) is 10.5. The van der Waals surface area contributed by atoms with Crippen LogP contribution in [0.4, 0.5) is 5.69 Å². The van der Waals surface area contributed by atoms with Crippen molar-refractivity contribution in [3.63, 3.8) is 0 Å². The molecule has 0 atom stereocenters. The van der Waals surface area contributed by atoms with Crippen LogP contribution < -0.4 is 0 Å². The molecular weight excluding hydrogens is 335 g/mol. The quantitative estimate of drug-likeness (QED) is 0.632. The van der Waals surface area contributed by atoms with E-state index in [0.29, 0.717) is 16.1 Å². The average Bonchev–Trinajstić information content (AvgIpc) is 2.80. The Labute approximate surface area is 147 Å². The predicted molar refractivity (Wildman–Crippen MR) is 98.8 cm³/mol. The molecule has 3 rings (SSSR count). The maximum atomic E-state index is 6.31. The van der Waals surface area contributed by atoms with Gasteiger partial charge in [-0.1, -0.05) is 60.3 Å². The minimum atomic E-state index is 0.196. The molecule has 2 nitrogen and oxygen atoms in total. The van der Waals surface area contributed by atoms with Gasteiger partial charge in [0.1, 0.15) is 0 Å². The number of amidine groups is 1. The van der Waals surface area contributed by atoms with Crippen molar-refractivity contribution in [3.8, 4) is 0 Å². The fourth-order valence-electron chi connectivity index (χ4n) is 3.26. The molecular formula is C17H22Cl2N2S. The molecule has 0 N–H and O–H groups in total. The molecule has 1 heterocycles. The van der Waals surface area contributed by atoms with E-state index in [0.717, 1.165) is 17.4 Å². The number of benzene rings is 1. The molecule has 0 aromatic heterocycles. The zero-order chi connectivity index (χ0) is 15.7. The van der Waals surface area contributed by atoms with Gasteiger partial charge in [0, 0.05) is 17.3 Å². The van der Waals surface area contributed by atoms with Crippen LogP contribution in [0.3, 0.4) is 0 Å². The maximum Gasteiger partial charge on any atom is 0.165 e. The Bertz CT molecular complexity index is 580. The highest BCUT2D eigenvalue weighted by Crippen LogP contribution is 2.41. The van der Waals surface area contributed by atoms with Crippen LogP contribution in [0, 0.1) is 0 Å². The van der Waals surface area contributed by atoms with Gasteiger partial charge < -0.3 is 4.90 Å². The van der Waals surface area contributed by atoms with Crippen molar-refractivity contribution in [2.24, 2.45) is 4.99 Å². The fraction of sp³-hybridized carbons (Fsp3) is 0.588.